The number of aromatic nitrogens is 4. The lowest BCUT2D eigenvalue weighted by atomic mass is 9.90. The van der Waals surface area contributed by atoms with Gasteiger partial charge in [-0.05, 0) is 30.6 Å². The normalized spacial score (nSPS) is 13.0. The second kappa shape index (κ2) is 7.04. The van der Waals surface area contributed by atoms with Crippen molar-refractivity contribution in [1.29, 1.82) is 0 Å². The fourth-order valence-corrected chi connectivity index (χ4v) is 3.57. The highest BCUT2D eigenvalue weighted by Crippen LogP contribution is 2.40. The zero-order valence-electron chi connectivity index (χ0n) is 16.0. The highest BCUT2D eigenvalue weighted by atomic mass is 19.1. The minimum atomic E-state index is -0.481. The van der Waals surface area contributed by atoms with E-state index in [1.54, 1.807) is 19.2 Å². The molecule has 1 aromatic carbocycles. The molecule has 4 rings (SSSR count). The number of benzene rings is 1. The molecule has 0 spiro atoms. The van der Waals surface area contributed by atoms with E-state index in [0.29, 0.717) is 41.2 Å². The van der Waals surface area contributed by atoms with Gasteiger partial charge in [-0.3, -0.25) is 19.9 Å². The molecule has 3 aromatic rings. The molecular formula is C19H18FN5O4. The van der Waals surface area contributed by atoms with E-state index in [4.69, 9.17) is 9.47 Å². The van der Waals surface area contributed by atoms with Gasteiger partial charge in [-0.25, -0.2) is 4.39 Å². The van der Waals surface area contributed by atoms with E-state index in [0.717, 1.165) is 11.1 Å². The van der Waals surface area contributed by atoms with Crippen LogP contribution in [0.4, 0.5) is 10.1 Å². The van der Waals surface area contributed by atoms with Crippen molar-refractivity contribution < 1.29 is 18.8 Å². The number of methoxy groups -OCH3 is 2. The summed E-state index contributed by atoms with van der Waals surface area (Å²) in [5.74, 6) is 0.118. The smallest absolute Gasteiger partial charge is 0.316 e. The summed E-state index contributed by atoms with van der Waals surface area (Å²) in [5.41, 5.74) is 3.34. The SMILES string of the molecule is COc1cc(OC)c(F)c(C2=Cc3[nH]nc(-c4c([N+](=O)[O-])cnn4C)c3CC2)c1. The highest BCUT2D eigenvalue weighted by Gasteiger charge is 2.28. The number of nitro groups is 1. The third-order valence-electron chi connectivity index (χ3n) is 5.02. The molecule has 29 heavy (non-hydrogen) atoms. The van der Waals surface area contributed by atoms with Crippen LogP contribution in [0.5, 0.6) is 11.5 Å². The van der Waals surface area contributed by atoms with Crippen molar-refractivity contribution in [3.8, 4) is 22.9 Å². The molecule has 0 radical (unpaired) electrons. The molecule has 1 N–H and O–H groups in total. The van der Waals surface area contributed by atoms with Gasteiger partial charge in [0.15, 0.2) is 17.3 Å². The minimum absolute atomic E-state index is 0.0989. The molecule has 10 heteroatoms. The molecule has 0 aliphatic heterocycles. The summed E-state index contributed by atoms with van der Waals surface area (Å²) < 4.78 is 26.6. The molecule has 1 aliphatic rings. The quantitative estimate of drug-likeness (QED) is 0.521. The molecule has 2 heterocycles. The first kappa shape index (κ1) is 18.7. The van der Waals surface area contributed by atoms with Crippen molar-refractivity contribution in [2.75, 3.05) is 14.2 Å². The Morgan fingerprint density at radius 2 is 2.07 bits per heavy atom. The van der Waals surface area contributed by atoms with Crippen molar-refractivity contribution in [2.24, 2.45) is 7.05 Å². The molecule has 0 saturated carbocycles. The summed E-state index contributed by atoms with van der Waals surface area (Å²) in [6, 6.07) is 3.11. The van der Waals surface area contributed by atoms with Crippen LogP contribution in [-0.2, 0) is 13.5 Å². The first-order chi connectivity index (χ1) is 13.9. The predicted octanol–water partition coefficient (Wildman–Crippen LogP) is 3.36. The fraction of sp³-hybridized carbons (Fsp3) is 0.263. The molecule has 9 nitrogen and oxygen atoms in total. The monoisotopic (exact) mass is 399 g/mol. The lowest BCUT2D eigenvalue weighted by Crippen LogP contribution is -2.04. The van der Waals surface area contributed by atoms with Gasteiger partial charge in [-0.1, -0.05) is 0 Å². The Morgan fingerprint density at radius 1 is 1.28 bits per heavy atom. The number of aromatic amines is 1. The number of nitrogens with one attached hydrogen (secondary N) is 1. The van der Waals surface area contributed by atoms with Crippen molar-refractivity contribution in [2.45, 2.75) is 12.8 Å². The maximum Gasteiger partial charge on any atom is 0.316 e. The third-order valence-corrected chi connectivity index (χ3v) is 5.02. The molecular weight excluding hydrogens is 381 g/mol. The van der Waals surface area contributed by atoms with Crippen LogP contribution < -0.4 is 9.47 Å². The molecule has 0 unspecified atom stereocenters. The van der Waals surface area contributed by atoms with Gasteiger partial charge >= 0.3 is 5.69 Å². The van der Waals surface area contributed by atoms with Crippen molar-refractivity contribution in [1.82, 2.24) is 20.0 Å². The maximum absolute atomic E-state index is 14.8. The van der Waals surface area contributed by atoms with E-state index in [1.165, 1.54) is 31.2 Å². The number of fused-ring (bicyclic) bond motifs is 1. The summed E-state index contributed by atoms with van der Waals surface area (Å²) in [6.45, 7) is 0. The number of halogens is 1. The summed E-state index contributed by atoms with van der Waals surface area (Å²) in [6.07, 6.45) is 4.07. The van der Waals surface area contributed by atoms with Gasteiger partial charge in [-0.15, -0.1) is 0 Å². The van der Waals surface area contributed by atoms with Gasteiger partial charge in [0.2, 0.25) is 0 Å². The number of rotatable bonds is 5. The third kappa shape index (κ3) is 3.02. The van der Waals surface area contributed by atoms with Crippen molar-refractivity contribution in [3.05, 3.63) is 51.1 Å². The van der Waals surface area contributed by atoms with Gasteiger partial charge in [0.1, 0.15) is 17.6 Å². The fourth-order valence-electron chi connectivity index (χ4n) is 3.57. The van der Waals surface area contributed by atoms with Crippen LogP contribution in [0, 0.1) is 15.9 Å². The summed E-state index contributed by atoms with van der Waals surface area (Å²) in [7, 11) is 4.54. The van der Waals surface area contributed by atoms with Crippen molar-refractivity contribution in [3.63, 3.8) is 0 Å². The zero-order chi connectivity index (χ0) is 20.7. The van der Waals surface area contributed by atoms with Crippen molar-refractivity contribution >= 4 is 17.3 Å². The number of aryl methyl sites for hydroxylation is 1. The van der Waals surface area contributed by atoms with E-state index in [9.17, 15) is 14.5 Å². The Morgan fingerprint density at radius 3 is 2.76 bits per heavy atom. The molecule has 150 valence electrons. The van der Waals surface area contributed by atoms with Gasteiger partial charge in [0.25, 0.3) is 0 Å². The predicted molar refractivity (Wildman–Crippen MR) is 103 cm³/mol. The van der Waals surface area contributed by atoms with Gasteiger partial charge in [0, 0.05) is 24.2 Å². The zero-order valence-corrected chi connectivity index (χ0v) is 16.0. The van der Waals surface area contributed by atoms with E-state index < -0.39 is 10.7 Å². The average molecular weight is 399 g/mol. The second-order valence-corrected chi connectivity index (χ2v) is 6.58. The summed E-state index contributed by atoms with van der Waals surface area (Å²) in [5, 5.41) is 22.5. The molecule has 0 fully saturated rings. The Kier molecular flexibility index (Phi) is 4.53. The topological polar surface area (TPSA) is 108 Å². The first-order valence-electron chi connectivity index (χ1n) is 8.81. The van der Waals surface area contributed by atoms with E-state index in [-0.39, 0.29) is 11.4 Å². The summed E-state index contributed by atoms with van der Waals surface area (Å²) in [4.78, 5) is 10.8. The van der Waals surface area contributed by atoms with E-state index >= 15 is 0 Å². The van der Waals surface area contributed by atoms with E-state index in [1.807, 2.05) is 0 Å². The van der Waals surface area contributed by atoms with Gasteiger partial charge < -0.3 is 9.47 Å². The van der Waals surface area contributed by atoms with Gasteiger partial charge in [-0.2, -0.15) is 10.2 Å². The Balaban J connectivity index is 1.80. The van der Waals surface area contributed by atoms with Crippen LogP contribution in [-0.4, -0.2) is 39.1 Å². The summed E-state index contributed by atoms with van der Waals surface area (Å²) >= 11 is 0. The average Bonchev–Trinajstić information content (AvgIpc) is 3.30. The number of hydrogen-bond acceptors (Lipinski definition) is 6. The van der Waals surface area contributed by atoms with Crippen LogP contribution >= 0.6 is 0 Å². The van der Waals surface area contributed by atoms with Gasteiger partial charge in [0.05, 0.1) is 24.8 Å². The molecule has 1 aliphatic carbocycles. The number of H-pyrrole nitrogens is 1. The molecule has 0 bridgehead atoms. The lowest BCUT2D eigenvalue weighted by Gasteiger charge is -2.17. The standard InChI is InChI=1S/C19H18FN5O4/c1-24-19(15(9-21-24)25(26)27)18-12-5-4-10(6-14(12)22-23-18)13-7-11(28-2)8-16(29-3)17(13)20/h6-9H,4-5H2,1-3H3,(H,22,23). The molecule has 0 atom stereocenters. The van der Waals surface area contributed by atoms with Crippen LogP contribution in [0.25, 0.3) is 23.0 Å². The molecule has 0 amide bonds. The Bertz CT molecular complexity index is 1150. The Labute approximate surface area is 164 Å². The van der Waals surface area contributed by atoms with Crippen LogP contribution in [0.2, 0.25) is 0 Å². The first-order valence-corrected chi connectivity index (χ1v) is 8.81. The van der Waals surface area contributed by atoms with E-state index in [2.05, 4.69) is 15.3 Å². The molecule has 2 aromatic heterocycles. The number of hydrogen-bond donors (Lipinski definition) is 1. The largest absolute Gasteiger partial charge is 0.497 e. The van der Waals surface area contributed by atoms with Crippen LogP contribution in [0.15, 0.2) is 18.3 Å². The molecule has 0 saturated heterocycles. The maximum atomic E-state index is 14.8. The lowest BCUT2D eigenvalue weighted by molar-refractivity contribution is -0.384. The number of ether oxygens (including phenoxy) is 2. The highest BCUT2D eigenvalue weighted by molar-refractivity contribution is 5.87. The Hall–Kier alpha value is -3.69. The van der Waals surface area contributed by atoms with Crippen LogP contribution in [0.1, 0.15) is 23.2 Å². The number of allylic oxidation sites excluding steroid dienone is 1. The van der Waals surface area contributed by atoms with Crippen LogP contribution in [0.3, 0.4) is 0 Å². The minimum Gasteiger partial charge on any atom is -0.497 e. The second-order valence-electron chi connectivity index (χ2n) is 6.58. The number of nitrogens with zero attached hydrogens (tertiary/aromatic N) is 4.